The van der Waals surface area contributed by atoms with Crippen molar-refractivity contribution >= 4 is 17.4 Å². The molecule has 25 heavy (non-hydrogen) atoms. The highest BCUT2D eigenvalue weighted by Crippen LogP contribution is 2.21. The first kappa shape index (κ1) is 17.3. The summed E-state index contributed by atoms with van der Waals surface area (Å²) < 4.78 is 5.70. The molecule has 1 aromatic carbocycles. The molecule has 0 unspecified atom stereocenters. The molecule has 0 bridgehead atoms. The number of carbonyl (C=O) groups is 1. The van der Waals surface area contributed by atoms with Gasteiger partial charge in [-0.15, -0.1) is 10.2 Å². The standard InChI is InChI=1S/C18H25N5O2/c1-11(2)10-16-22-23-17(25-16)12(3)19-13-4-6-14(7-5-13)20-18(24)21-15-8-9-15/h4-7,11-12,15,19H,8-10H2,1-3H3,(H2,20,21,24)/t12-/m1/s1. The van der Waals surface area contributed by atoms with Crippen molar-refractivity contribution < 1.29 is 9.21 Å². The zero-order valence-corrected chi connectivity index (χ0v) is 14.9. The Kier molecular flexibility index (Phi) is 5.21. The predicted molar refractivity (Wildman–Crippen MR) is 96.5 cm³/mol. The molecule has 134 valence electrons. The monoisotopic (exact) mass is 343 g/mol. The van der Waals surface area contributed by atoms with E-state index in [-0.39, 0.29) is 12.1 Å². The maximum atomic E-state index is 11.7. The van der Waals surface area contributed by atoms with Gasteiger partial charge >= 0.3 is 6.03 Å². The first-order valence-corrected chi connectivity index (χ1v) is 8.76. The van der Waals surface area contributed by atoms with Crippen LogP contribution in [0.15, 0.2) is 28.7 Å². The summed E-state index contributed by atoms with van der Waals surface area (Å²) in [7, 11) is 0. The number of rotatable bonds is 7. The average molecular weight is 343 g/mol. The summed E-state index contributed by atoms with van der Waals surface area (Å²) in [6, 6.07) is 7.64. The summed E-state index contributed by atoms with van der Waals surface area (Å²) in [6.07, 6.45) is 2.93. The van der Waals surface area contributed by atoms with Crippen LogP contribution in [0.2, 0.25) is 0 Å². The largest absolute Gasteiger partial charge is 0.423 e. The Bertz CT molecular complexity index is 707. The van der Waals surface area contributed by atoms with Crippen molar-refractivity contribution in [2.75, 3.05) is 10.6 Å². The molecule has 0 radical (unpaired) electrons. The van der Waals surface area contributed by atoms with Crippen LogP contribution in [0.25, 0.3) is 0 Å². The smallest absolute Gasteiger partial charge is 0.319 e. The first-order chi connectivity index (χ1) is 12.0. The van der Waals surface area contributed by atoms with Gasteiger partial charge in [0, 0.05) is 23.8 Å². The van der Waals surface area contributed by atoms with Crippen molar-refractivity contribution in [2.45, 2.75) is 52.1 Å². The lowest BCUT2D eigenvalue weighted by Crippen LogP contribution is -2.30. The minimum Gasteiger partial charge on any atom is -0.423 e. The van der Waals surface area contributed by atoms with Crippen molar-refractivity contribution in [1.29, 1.82) is 0 Å². The third kappa shape index (κ3) is 5.20. The number of amides is 2. The van der Waals surface area contributed by atoms with Crippen LogP contribution in [0.5, 0.6) is 0 Å². The number of aromatic nitrogens is 2. The second-order valence-electron chi connectivity index (χ2n) is 6.95. The van der Waals surface area contributed by atoms with Gasteiger partial charge in [0.2, 0.25) is 11.8 Å². The van der Waals surface area contributed by atoms with Crippen molar-refractivity contribution in [2.24, 2.45) is 5.92 Å². The Labute approximate surface area is 147 Å². The molecule has 2 aromatic rings. The zero-order chi connectivity index (χ0) is 17.8. The predicted octanol–water partition coefficient (Wildman–Crippen LogP) is 3.73. The van der Waals surface area contributed by atoms with Crippen molar-refractivity contribution in [3.05, 3.63) is 36.0 Å². The lowest BCUT2D eigenvalue weighted by atomic mass is 10.1. The maximum Gasteiger partial charge on any atom is 0.319 e. The highest BCUT2D eigenvalue weighted by atomic mass is 16.4. The summed E-state index contributed by atoms with van der Waals surface area (Å²) in [6.45, 7) is 6.21. The van der Waals surface area contributed by atoms with Crippen LogP contribution in [0, 0.1) is 5.92 Å². The fraction of sp³-hybridized carbons (Fsp3) is 0.500. The molecule has 1 saturated carbocycles. The molecule has 1 heterocycles. The third-order valence-corrected chi connectivity index (χ3v) is 3.87. The van der Waals surface area contributed by atoms with E-state index >= 15 is 0 Å². The Morgan fingerprint density at radius 2 is 1.84 bits per heavy atom. The van der Waals surface area contributed by atoms with E-state index in [1.165, 1.54) is 0 Å². The van der Waals surface area contributed by atoms with Gasteiger partial charge in [-0.2, -0.15) is 0 Å². The number of nitrogens with zero attached hydrogens (tertiary/aromatic N) is 2. The Morgan fingerprint density at radius 3 is 2.48 bits per heavy atom. The van der Waals surface area contributed by atoms with Gasteiger partial charge in [-0.25, -0.2) is 4.79 Å². The second-order valence-corrected chi connectivity index (χ2v) is 6.95. The van der Waals surface area contributed by atoms with Gasteiger partial charge in [0.1, 0.15) is 6.04 Å². The summed E-state index contributed by atoms with van der Waals surface area (Å²) in [5.74, 6) is 1.72. The van der Waals surface area contributed by atoms with Crippen molar-refractivity contribution in [3.8, 4) is 0 Å². The molecule has 7 heteroatoms. The minimum absolute atomic E-state index is 0.0922. The van der Waals surface area contributed by atoms with Crippen LogP contribution in [0.1, 0.15) is 51.4 Å². The van der Waals surface area contributed by atoms with Crippen LogP contribution < -0.4 is 16.0 Å². The van der Waals surface area contributed by atoms with Crippen LogP contribution in [-0.2, 0) is 6.42 Å². The van der Waals surface area contributed by atoms with Crippen LogP contribution in [0.3, 0.4) is 0 Å². The Hall–Kier alpha value is -2.57. The van der Waals surface area contributed by atoms with E-state index in [4.69, 9.17) is 4.42 Å². The molecule has 0 aliphatic heterocycles. The van der Waals surface area contributed by atoms with Gasteiger partial charge < -0.3 is 20.4 Å². The minimum atomic E-state index is -0.153. The number of carbonyl (C=O) groups excluding carboxylic acids is 1. The summed E-state index contributed by atoms with van der Waals surface area (Å²) in [5.41, 5.74) is 1.68. The molecule has 1 aliphatic rings. The fourth-order valence-electron chi connectivity index (χ4n) is 2.42. The number of anilines is 2. The SMILES string of the molecule is CC(C)Cc1nnc([C@@H](C)Nc2ccc(NC(=O)NC3CC3)cc2)o1. The lowest BCUT2D eigenvalue weighted by Gasteiger charge is -2.12. The molecular weight excluding hydrogens is 318 g/mol. The molecule has 2 amide bonds. The van der Waals surface area contributed by atoms with E-state index in [0.717, 1.165) is 30.6 Å². The first-order valence-electron chi connectivity index (χ1n) is 8.76. The third-order valence-electron chi connectivity index (χ3n) is 3.87. The topological polar surface area (TPSA) is 92.1 Å². The Morgan fingerprint density at radius 1 is 1.16 bits per heavy atom. The van der Waals surface area contributed by atoms with E-state index < -0.39 is 0 Å². The fourth-order valence-corrected chi connectivity index (χ4v) is 2.42. The van der Waals surface area contributed by atoms with Gasteiger partial charge in [-0.3, -0.25) is 0 Å². The molecule has 3 rings (SSSR count). The molecule has 1 aromatic heterocycles. The molecule has 3 N–H and O–H groups in total. The van der Waals surface area contributed by atoms with Gasteiger partial charge in [-0.1, -0.05) is 13.8 Å². The van der Waals surface area contributed by atoms with Crippen LogP contribution in [0.4, 0.5) is 16.2 Å². The summed E-state index contributed by atoms with van der Waals surface area (Å²) in [5, 5.41) is 17.2. The van der Waals surface area contributed by atoms with E-state index in [1.807, 2.05) is 31.2 Å². The Balaban J connectivity index is 1.53. The number of hydrogen-bond acceptors (Lipinski definition) is 5. The highest BCUT2D eigenvalue weighted by Gasteiger charge is 2.23. The van der Waals surface area contributed by atoms with Crippen LogP contribution >= 0.6 is 0 Å². The van der Waals surface area contributed by atoms with Crippen LogP contribution in [-0.4, -0.2) is 22.3 Å². The van der Waals surface area contributed by atoms with E-state index in [2.05, 4.69) is 40.0 Å². The van der Waals surface area contributed by atoms with Gasteiger partial charge in [-0.05, 0) is 49.9 Å². The summed E-state index contributed by atoms with van der Waals surface area (Å²) in [4.78, 5) is 11.7. The van der Waals surface area contributed by atoms with Gasteiger partial charge in [0.05, 0.1) is 0 Å². The molecular formula is C18H25N5O2. The second kappa shape index (κ2) is 7.55. The number of hydrogen-bond donors (Lipinski definition) is 3. The summed E-state index contributed by atoms with van der Waals surface area (Å²) >= 11 is 0. The van der Waals surface area contributed by atoms with E-state index in [0.29, 0.717) is 23.7 Å². The zero-order valence-electron chi connectivity index (χ0n) is 14.9. The molecule has 1 aliphatic carbocycles. The van der Waals surface area contributed by atoms with Crippen molar-refractivity contribution in [1.82, 2.24) is 15.5 Å². The molecule has 1 fully saturated rings. The van der Waals surface area contributed by atoms with E-state index in [1.54, 1.807) is 0 Å². The van der Waals surface area contributed by atoms with E-state index in [9.17, 15) is 4.79 Å². The number of benzene rings is 1. The van der Waals surface area contributed by atoms with Gasteiger partial charge in [0.25, 0.3) is 0 Å². The number of nitrogens with one attached hydrogen (secondary N) is 3. The molecule has 0 spiro atoms. The maximum absolute atomic E-state index is 11.7. The highest BCUT2D eigenvalue weighted by molar-refractivity contribution is 5.89. The lowest BCUT2D eigenvalue weighted by molar-refractivity contribution is 0.251. The molecule has 7 nitrogen and oxygen atoms in total. The molecule has 1 atom stereocenters. The normalized spacial score (nSPS) is 15.0. The van der Waals surface area contributed by atoms with Gasteiger partial charge in [0.15, 0.2) is 0 Å². The quantitative estimate of drug-likeness (QED) is 0.712. The average Bonchev–Trinajstić information content (AvgIpc) is 3.24. The molecule has 0 saturated heterocycles. The van der Waals surface area contributed by atoms with Crippen molar-refractivity contribution in [3.63, 3.8) is 0 Å². The number of urea groups is 1.